The van der Waals surface area contributed by atoms with Gasteiger partial charge in [0.05, 0.1) is 11.1 Å². The zero-order valence-electron chi connectivity index (χ0n) is 19.7. The van der Waals surface area contributed by atoms with Gasteiger partial charge >= 0.3 is 6.18 Å². The number of hydrogen-bond acceptors (Lipinski definition) is 2. The van der Waals surface area contributed by atoms with Crippen LogP contribution >= 0.6 is 0 Å². The molecule has 0 aliphatic carbocycles. The van der Waals surface area contributed by atoms with Gasteiger partial charge in [0.25, 0.3) is 0 Å². The van der Waals surface area contributed by atoms with Crippen LogP contribution in [0, 0.1) is 0 Å². The van der Waals surface area contributed by atoms with E-state index < -0.39 is 11.7 Å². The summed E-state index contributed by atoms with van der Waals surface area (Å²) >= 11 is 0. The number of ether oxygens (including phenoxy) is 2. The van der Waals surface area contributed by atoms with Crippen molar-refractivity contribution in [1.29, 1.82) is 0 Å². The molecule has 0 N–H and O–H groups in total. The molecule has 1 unspecified atom stereocenters. The summed E-state index contributed by atoms with van der Waals surface area (Å²) in [6.07, 6.45) is -3.64. The lowest BCUT2D eigenvalue weighted by Crippen LogP contribution is -2.34. The topological polar surface area (TPSA) is 21.5 Å². The molecule has 176 valence electrons. The molecular weight excluding hydrogens is 439 g/mol. The smallest absolute Gasteiger partial charge is 0.416 e. The lowest BCUT2D eigenvalue weighted by atomic mass is 9.84. The summed E-state index contributed by atoms with van der Waals surface area (Å²) in [6, 6.07) is 17.9. The number of nitrogens with zero attached hydrogens (tertiary/aromatic N) is 1. The number of halogens is 3. The van der Waals surface area contributed by atoms with E-state index in [1.807, 2.05) is 12.1 Å². The van der Waals surface area contributed by atoms with Crippen LogP contribution < -0.4 is 9.47 Å². The van der Waals surface area contributed by atoms with E-state index in [9.17, 15) is 13.2 Å². The van der Waals surface area contributed by atoms with Crippen LogP contribution in [0.3, 0.4) is 0 Å². The quantitative estimate of drug-likeness (QED) is 0.385. The minimum atomic E-state index is -4.37. The van der Waals surface area contributed by atoms with Gasteiger partial charge in [-0.15, -0.1) is 0 Å². The molecular formula is C28H27F3NO2+. The Balaban J connectivity index is 1.73. The summed E-state index contributed by atoms with van der Waals surface area (Å²) in [5, 5.41) is 0. The predicted octanol–water partition coefficient (Wildman–Crippen LogP) is 6.86. The van der Waals surface area contributed by atoms with E-state index >= 15 is 0 Å². The molecule has 2 aliphatic heterocycles. The maximum absolute atomic E-state index is 13.2. The summed E-state index contributed by atoms with van der Waals surface area (Å²) in [6.45, 7) is 8.79. The Morgan fingerprint density at radius 3 is 2.00 bits per heavy atom. The van der Waals surface area contributed by atoms with Crippen molar-refractivity contribution in [2.45, 2.75) is 51.7 Å². The van der Waals surface area contributed by atoms with Crippen LogP contribution in [0.2, 0.25) is 0 Å². The average molecular weight is 467 g/mol. The third-order valence-electron chi connectivity index (χ3n) is 6.55. The van der Waals surface area contributed by atoms with Gasteiger partial charge in [-0.05, 0) is 59.9 Å². The molecule has 3 aromatic carbocycles. The molecule has 34 heavy (non-hydrogen) atoms. The standard InChI is InChI=1S/C28H27F3NO2/c1-17-13-19-14-24-25(34-16-33-24)15-23(19)26(18-5-7-20(8-6-18)27(2,3)4)32(17)22-11-9-21(10-12-22)28(29,30)31/h5-12,14-15,17H,13,16H2,1-4H3/q+1. The van der Waals surface area contributed by atoms with E-state index in [-0.39, 0.29) is 18.2 Å². The van der Waals surface area contributed by atoms with Crippen LogP contribution in [-0.2, 0) is 18.0 Å². The highest BCUT2D eigenvalue weighted by molar-refractivity contribution is 6.12. The zero-order valence-corrected chi connectivity index (χ0v) is 19.7. The highest BCUT2D eigenvalue weighted by atomic mass is 19.4. The van der Waals surface area contributed by atoms with Gasteiger partial charge in [-0.3, -0.25) is 0 Å². The molecule has 0 amide bonds. The molecule has 5 rings (SSSR count). The second-order valence-electron chi connectivity index (χ2n) is 10.0. The van der Waals surface area contributed by atoms with E-state index in [1.54, 1.807) is 12.1 Å². The van der Waals surface area contributed by atoms with Crippen LogP contribution in [0.5, 0.6) is 11.5 Å². The first-order chi connectivity index (χ1) is 16.0. The first-order valence-corrected chi connectivity index (χ1v) is 11.4. The van der Waals surface area contributed by atoms with Gasteiger partial charge in [0.1, 0.15) is 0 Å². The third kappa shape index (κ3) is 3.95. The molecule has 0 bridgehead atoms. The maximum atomic E-state index is 13.2. The fraction of sp³-hybridized carbons (Fsp3) is 0.321. The van der Waals surface area contributed by atoms with Gasteiger partial charge in [0.2, 0.25) is 18.2 Å². The summed E-state index contributed by atoms with van der Waals surface area (Å²) < 4.78 is 53.0. The molecule has 0 saturated carbocycles. The number of rotatable bonds is 2. The largest absolute Gasteiger partial charge is 0.454 e. The first kappa shape index (κ1) is 22.5. The van der Waals surface area contributed by atoms with Gasteiger partial charge in [-0.2, -0.15) is 17.7 Å². The molecule has 0 aromatic heterocycles. The van der Waals surface area contributed by atoms with Crippen molar-refractivity contribution in [2.24, 2.45) is 0 Å². The van der Waals surface area contributed by atoms with E-state index in [0.717, 1.165) is 52.4 Å². The van der Waals surface area contributed by atoms with Crippen molar-refractivity contribution < 1.29 is 27.2 Å². The van der Waals surface area contributed by atoms with Gasteiger partial charge in [0.15, 0.2) is 17.5 Å². The van der Waals surface area contributed by atoms with Gasteiger partial charge < -0.3 is 9.47 Å². The van der Waals surface area contributed by atoms with Crippen LogP contribution in [-0.4, -0.2) is 23.1 Å². The Morgan fingerprint density at radius 2 is 1.41 bits per heavy atom. The Hall–Kier alpha value is -3.28. The maximum Gasteiger partial charge on any atom is 0.416 e. The molecule has 0 fully saturated rings. The van der Waals surface area contributed by atoms with Crippen molar-refractivity contribution in [1.82, 2.24) is 0 Å². The zero-order chi connectivity index (χ0) is 24.3. The molecule has 0 radical (unpaired) electrons. The summed E-state index contributed by atoms with van der Waals surface area (Å²) in [7, 11) is 0. The molecule has 3 nitrogen and oxygen atoms in total. The summed E-state index contributed by atoms with van der Waals surface area (Å²) in [5.74, 6) is 1.42. The number of benzene rings is 3. The van der Waals surface area contributed by atoms with Crippen molar-refractivity contribution in [3.05, 3.63) is 88.5 Å². The van der Waals surface area contributed by atoms with Gasteiger partial charge in [-0.25, -0.2) is 0 Å². The van der Waals surface area contributed by atoms with Crippen molar-refractivity contribution >= 4 is 11.4 Å². The summed E-state index contributed by atoms with van der Waals surface area (Å²) in [4.78, 5) is 0. The van der Waals surface area contributed by atoms with Crippen LogP contribution in [0.1, 0.15) is 55.5 Å². The molecule has 0 saturated heterocycles. The van der Waals surface area contributed by atoms with Crippen LogP contribution in [0.4, 0.5) is 18.9 Å². The Labute approximate surface area is 197 Å². The fourth-order valence-electron chi connectivity index (χ4n) is 4.75. The number of hydrogen-bond donors (Lipinski definition) is 0. The molecule has 2 aliphatic rings. The highest BCUT2D eigenvalue weighted by Gasteiger charge is 2.37. The second-order valence-corrected chi connectivity index (χ2v) is 10.0. The minimum absolute atomic E-state index is 0.0140. The van der Waals surface area contributed by atoms with E-state index in [4.69, 9.17) is 9.47 Å². The van der Waals surface area contributed by atoms with Crippen molar-refractivity contribution in [2.75, 3.05) is 6.79 Å². The SMILES string of the molecule is CC1Cc2cc3c(cc2C(c2ccc(C(C)(C)C)cc2)=[N+]1c1ccc(C(F)(F)F)cc1)OCO3. The van der Waals surface area contributed by atoms with Crippen LogP contribution in [0.15, 0.2) is 60.7 Å². The van der Waals surface area contributed by atoms with Crippen molar-refractivity contribution in [3.63, 3.8) is 0 Å². The minimum Gasteiger partial charge on any atom is -0.454 e. The Morgan fingerprint density at radius 1 is 0.824 bits per heavy atom. The predicted molar refractivity (Wildman–Crippen MR) is 125 cm³/mol. The van der Waals surface area contributed by atoms with Crippen molar-refractivity contribution in [3.8, 4) is 11.5 Å². The first-order valence-electron chi connectivity index (χ1n) is 11.4. The van der Waals surface area contributed by atoms with E-state index in [2.05, 4.69) is 56.5 Å². The molecule has 2 heterocycles. The fourth-order valence-corrected chi connectivity index (χ4v) is 4.75. The molecule has 0 spiro atoms. The monoisotopic (exact) mass is 466 g/mol. The number of fused-ring (bicyclic) bond motifs is 2. The second kappa shape index (κ2) is 7.90. The normalized spacial score (nSPS) is 17.7. The lowest BCUT2D eigenvalue weighted by Gasteiger charge is -2.25. The Bertz CT molecular complexity index is 1270. The average Bonchev–Trinajstić information content (AvgIpc) is 3.23. The number of alkyl halides is 3. The molecule has 6 heteroatoms. The lowest BCUT2D eigenvalue weighted by molar-refractivity contribution is -0.481. The summed E-state index contributed by atoms with van der Waals surface area (Å²) in [5.41, 5.74) is 5.39. The van der Waals surface area contributed by atoms with E-state index in [0.29, 0.717) is 5.75 Å². The third-order valence-corrected chi connectivity index (χ3v) is 6.55. The van der Waals surface area contributed by atoms with Gasteiger partial charge in [0, 0.05) is 24.1 Å². The van der Waals surface area contributed by atoms with Crippen LogP contribution in [0.25, 0.3) is 0 Å². The van der Waals surface area contributed by atoms with Gasteiger partial charge in [-0.1, -0.05) is 32.9 Å². The molecule has 1 atom stereocenters. The Kier molecular flexibility index (Phi) is 5.23. The highest BCUT2D eigenvalue weighted by Crippen LogP contribution is 2.39. The van der Waals surface area contributed by atoms with E-state index in [1.165, 1.54) is 5.56 Å². The molecule has 3 aromatic rings.